The summed E-state index contributed by atoms with van der Waals surface area (Å²) in [5.41, 5.74) is 2.41. The smallest absolute Gasteiger partial charge is 0.259 e. The Balaban J connectivity index is 1.43. The van der Waals surface area contributed by atoms with E-state index in [2.05, 4.69) is 11.8 Å². The first-order valence-electron chi connectivity index (χ1n) is 13.6. The minimum atomic E-state index is -3.73. The van der Waals surface area contributed by atoms with Gasteiger partial charge in [-0.15, -0.1) is 0 Å². The number of anilines is 1. The summed E-state index contributed by atoms with van der Waals surface area (Å²) in [7, 11) is -3.73. The van der Waals surface area contributed by atoms with Crippen molar-refractivity contribution in [2.24, 2.45) is 5.92 Å². The molecule has 0 N–H and O–H groups in total. The lowest BCUT2D eigenvalue weighted by Crippen LogP contribution is -2.49. The fourth-order valence-electron chi connectivity index (χ4n) is 5.57. The maximum absolute atomic E-state index is 13.7. The molecule has 39 heavy (non-hydrogen) atoms. The number of halogens is 1. The molecule has 5 rings (SSSR count). The van der Waals surface area contributed by atoms with Gasteiger partial charge in [-0.2, -0.15) is 4.31 Å². The van der Waals surface area contributed by atoms with Crippen molar-refractivity contribution in [1.29, 1.82) is 0 Å². The van der Waals surface area contributed by atoms with Crippen molar-refractivity contribution < 1.29 is 13.2 Å². The molecule has 0 atom stereocenters. The molecular formula is C29H35ClN4O4S. The van der Waals surface area contributed by atoms with Gasteiger partial charge < -0.3 is 14.4 Å². The lowest BCUT2D eigenvalue weighted by Gasteiger charge is -2.37. The summed E-state index contributed by atoms with van der Waals surface area (Å²) in [6.07, 6.45) is 3.25. The second-order valence-electron chi connectivity index (χ2n) is 10.6. The molecule has 2 aliphatic heterocycles. The zero-order chi connectivity index (χ0) is 27.9. The molecule has 10 heteroatoms. The molecule has 0 saturated carbocycles. The number of nitrogens with zero attached hydrogens (tertiary/aromatic N) is 4. The van der Waals surface area contributed by atoms with Gasteiger partial charge >= 0.3 is 0 Å². The summed E-state index contributed by atoms with van der Waals surface area (Å²) in [6, 6.07) is 10.5. The van der Waals surface area contributed by atoms with Gasteiger partial charge in [0.25, 0.3) is 5.91 Å². The third-order valence-electron chi connectivity index (χ3n) is 8.08. The molecule has 2 aliphatic rings. The molecule has 0 radical (unpaired) electrons. The highest BCUT2D eigenvalue weighted by atomic mass is 35.5. The average molecular weight is 571 g/mol. The maximum Gasteiger partial charge on any atom is 0.259 e. The molecule has 3 heterocycles. The van der Waals surface area contributed by atoms with Crippen LogP contribution in [0.5, 0.6) is 0 Å². The lowest BCUT2D eigenvalue weighted by molar-refractivity contribution is 0.0745. The van der Waals surface area contributed by atoms with E-state index in [4.69, 9.17) is 11.6 Å². The number of sulfonamides is 1. The summed E-state index contributed by atoms with van der Waals surface area (Å²) >= 11 is 6.21. The van der Waals surface area contributed by atoms with E-state index in [9.17, 15) is 18.0 Å². The van der Waals surface area contributed by atoms with Crippen LogP contribution in [-0.2, 0) is 16.6 Å². The van der Waals surface area contributed by atoms with Gasteiger partial charge in [0.2, 0.25) is 15.5 Å². The Labute approximate surface area is 234 Å². The van der Waals surface area contributed by atoms with Crippen molar-refractivity contribution in [3.05, 3.63) is 69.0 Å². The van der Waals surface area contributed by atoms with E-state index >= 15 is 0 Å². The normalized spacial score (nSPS) is 17.6. The van der Waals surface area contributed by atoms with Gasteiger partial charge in [0.05, 0.1) is 10.4 Å². The van der Waals surface area contributed by atoms with E-state index in [1.807, 2.05) is 36.6 Å². The Kier molecular flexibility index (Phi) is 7.77. The van der Waals surface area contributed by atoms with E-state index in [1.165, 1.54) is 10.4 Å². The van der Waals surface area contributed by atoms with Crippen LogP contribution >= 0.6 is 11.6 Å². The molecule has 8 nitrogen and oxygen atoms in total. The minimum absolute atomic E-state index is 0.0677. The largest absolute Gasteiger partial charge is 0.368 e. The Morgan fingerprint density at radius 1 is 1.00 bits per heavy atom. The first-order chi connectivity index (χ1) is 18.6. The number of piperidine rings is 1. The Bertz CT molecular complexity index is 1570. The predicted molar refractivity (Wildman–Crippen MR) is 155 cm³/mol. The molecule has 208 valence electrons. The molecule has 1 aromatic heterocycles. The number of piperazine rings is 1. The molecule has 0 spiro atoms. The zero-order valence-electron chi connectivity index (χ0n) is 22.7. The second kappa shape index (κ2) is 10.9. The SMILES string of the molecule is CCn1cc(C(=O)N2CCN(c3cc(Cl)ccc3C)CC2)c(=O)c2cc(S(=O)(=O)N3CCC(C)CC3)ccc21. The maximum atomic E-state index is 13.7. The molecule has 2 fully saturated rings. The van der Waals surface area contributed by atoms with Crippen LogP contribution in [0, 0.1) is 12.8 Å². The Hall–Kier alpha value is -2.88. The van der Waals surface area contributed by atoms with Gasteiger partial charge in [-0.1, -0.05) is 24.6 Å². The summed E-state index contributed by atoms with van der Waals surface area (Å²) in [5, 5.41) is 0.920. The first-order valence-corrected chi connectivity index (χ1v) is 15.4. The number of hydrogen-bond acceptors (Lipinski definition) is 5. The van der Waals surface area contributed by atoms with Crippen molar-refractivity contribution in [2.75, 3.05) is 44.2 Å². The van der Waals surface area contributed by atoms with Crippen LogP contribution in [0.15, 0.2) is 52.3 Å². The summed E-state index contributed by atoms with van der Waals surface area (Å²) in [6.45, 7) is 9.76. The lowest BCUT2D eigenvalue weighted by atomic mass is 10.0. The third kappa shape index (κ3) is 5.32. The molecule has 3 aromatic rings. The number of hydrogen-bond donors (Lipinski definition) is 0. The molecule has 0 bridgehead atoms. The van der Waals surface area contributed by atoms with Crippen molar-refractivity contribution in [3.8, 4) is 0 Å². The number of fused-ring (bicyclic) bond motifs is 1. The average Bonchev–Trinajstić information content (AvgIpc) is 2.94. The zero-order valence-corrected chi connectivity index (χ0v) is 24.3. The number of aryl methyl sites for hydroxylation is 2. The summed E-state index contributed by atoms with van der Waals surface area (Å²) < 4.78 is 30.1. The van der Waals surface area contributed by atoms with Gasteiger partial charge in [0, 0.05) is 68.1 Å². The van der Waals surface area contributed by atoms with Crippen LogP contribution in [0.25, 0.3) is 10.9 Å². The molecule has 0 unspecified atom stereocenters. The number of carbonyl (C=O) groups excluding carboxylic acids is 1. The number of amides is 1. The predicted octanol–water partition coefficient (Wildman–Crippen LogP) is 4.37. The quantitative estimate of drug-likeness (QED) is 0.455. The van der Waals surface area contributed by atoms with Crippen LogP contribution in [0.3, 0.4) is 0 Å². The van der Waals surface area contributed by atoms with Crippen LogP contribution in [0.4, 0.5) is 5.69 Å². The van der Waals surface area contributed by atoms with Gasteiger partial charge in [0.1, 0.15) is 5.56 Å². The van der Waals surface area contributed by atoms with Crippen LogP contribution in [0.1, 0.15) is 42.6 Å². The van der Waals surface area contributed by atoms with Gasteiger partial charge in [-0.25, -0.2) is 8.42 Å². The van der Waals surface area contributed by atoms with Crippen LogP contribution < -0.4 is 10.3 Å². The number of rotatable bonds is 5. The summed E-state index contributed by atoms with van der Waals surface area (Å²) in [4.78, 5) is 31.3. The van der Waals surface area contributed by atoms with E-state index < -0.39 is 15.5 Å². The molecular weight excluding hydrogens is 536 g/mol. The second-order valence-corrected chi connectivity index (χ2v) is 13.0. The number of pyridine rings is 1. The highest BCUT2D eigenvalue weighted by Gasteiger charge is 2.30. The van der Waals surface area contributed by atoms with Gasteiger partial charge in [0.15, 0.2) is 0 Å². The Morgan fingerprint density at radius 3 is 2.36 bits per heavy atom. The van der Waals surface area contributed by atoms with Crippen molar-refractivity contribution in [2.45, 2.75) is 45.1 Å². The van der Waals surface area contributed by atoms with Crippen molar-refractivity contribution >= 4 is 44.1 Å². The fourth-order valence-corrected chi connectivity index (χ4v) is 7.23. The number of carbonyl (C=O) groups is 1. The van der Waals surface area contributed by atoms with Crippen molar-refractivity contribution in [3.63, 3.8) is 0 Å². The topological polar surface area (TPSA) is 82.9 Å². The monoisotopic (exact) mass is 570 g/mol. The van der Waals surface area contributed by atoms with Crippen LogP contribution in [0.2, 0.25) is 5.02 Å². The Morgan fingerprint density at radius 2 is 1.69 bits per heavy atom. The summed E-state index contributed by atoms with van der Waals surface area (Å²) in [5.74, 6) is 0.166. The van der Waals surface area contributed by atoms with E-state index in [-0.39, 0.29) is 21.8 Å². The molecule has 2 aromatic carbocycles. The van der Waals surface area contributed by atoms with E-state index in [0.717, 1.165) is 24.1 Å². The van der Waals surface area contributed by atoms with E-state index in [0.29, 0.717) is 62.3 Å². The first kappa shape index (κ1) is 27.7. The third-order valence-corrected chi connectivity index (χ3v) is 10.2. The van der Waals surface area contributed by atoms with Gasteiger partial charge in [-0.3, -0.25) is 9.59 Å². The van der Waals surface area contributed by atoms with Crippen molar-refractivity contribution in [1.82, 2.24) is 13.8 Å². The highest BCUT2D eigenvalue weighted by Crippen LogP contribution is 2.27. The fraction of sp³-hybridized carbons (Fsp3) is 0.448. The van der Waals surface area contributed by atoms with Gasteiger partial charge in [-0.05, 0) is 68.5 Å². The standard InChI is InChI=1S/C29H35ClN4O4S/c1-4-31-19-25(29(36)33-15-13-32(14-16-33)27-17-22(30)6-5-21(27)3)28(35)24-18-23(7-8-26(24)31)39(37,38)34-11-9-20(2)10-12-34/h5-8,17-20H,4,9-16H2,1-3H3. The molecule has 1 amide bonds. The van der Waals surface area contributed by atoms with E-state index in [1.54, 1.807) is 23.2 Å². The van der Waals surface area contributed by atoms with Crippen LogP contribution in [-0.4, -0.2) is 67.4 Å². The minimum Gasteiger partial charge on any atom is -0.368 e. The molecule has 2 saturated heterocycles. The number of aromatic nitrogens is 1. The molecule has 0 aliphatic carbocycles. The highest BCUT2D eigenvalue weighted by molar-refractivity contribution is 7.89. The number of benzene rings is 2.